The molecule has 0 radical (unpaired) electrons. The van der Waals surface area contributed by atoms with E-state index in [1.807, 2.05) is 11.3 Å². The van der Waals surface area contributed by atoms with Gasteiger partial charge in [0, 0.05) is 20.5 Å². The Hall–Kier alpha value is 0.01000. The van der Waals surface area contributed by atoms with E-state index in [0.717, 1.165) is 6.54 Å². The van der Waals surface area contributed by atoms with Gasteiger partial charge in [-0.2, -0.15) is 11.8 Å². The van der Waals surface area contributed by atoms with Gasteiger partial charge in [0.05, 0.1) is 0 Å². The van der Waals surface area contributed by atoms with Crippen LogP contribution in [0.25, 0.3) is 0 Å². The van der Waals surface area contributed by atoms with Gasteiger partial charge in [0.25, 0.3) is 0 Å². The van der Waals surface area contributed by atoms with Gasteiger partial charge in [-0.15, -0.1) is 11.3 Å². The Morgan fingerprint density at radius 2 is 2.11 bits per heavy atom. The van der Waals surface area contributed by atoms with Crippen LogP contribution in [-0.2, 0) is 12.8 Å². The Kier molecular flexibility index (Phi) is 5.16. The van der Waals surface area contributed by atoms with Crippen molar-refractivity contribution in [3.8, 4) is 0 Å². The molecule has 1 saturated heterocycles. The molecule has 18 heavy (non-hydrogen) atoms. The summed E-state index contributed by atoms with van der Waals surface area (Å²) in [5.74, 6) is 1.34. The summed E-state index contributed by atoms with van der Waals surface area (Å²) in [5, 5.41) is 3.73. The fourth-order valence-corrected chi connectivity index (χ4v) is 5.16. The molecule has 2 unspecified atom stereocenters. The number of thiophene rings is 1. The molecule has 0 aliphatic carbocycles. The highest BCUT2D eigenvalue weighted by Gasteiger charge is 2.37. The summed E-state index contributed by atoms with van der Waals surface area (Å²) in [6.45, 7) is 7.99. The van der Waals surface area contributed by atoms with E-state index in [1.165, 1.54) is 36.3 Å². The van der Waals surface area contributed by atoms with Crippen molar-refractivity contribution in [1.82, 2.24) is 5.32 Å². The van der Waals surface area contributed by atoms with Crippen molar-refractivity contribution in [3.05, 3.63) is 21.9 Å². The first kappa shape index (κ1) is 14.4. The summed E-state index contributed by atoms with van der Waals surface area (Å²) >= 11 is 4.16. The number of nitrogens with one attached hydrogen (secondary N) is 1. The van der Waals surface area contributed by atoms with E-state index in [2.05, 4.69) is 50.0 Å². The Balaban J connectivity index is 2.05. The molecule has 2 rings (SSSR count). The predicted molar refractivity (Wildman–Crippen MR) is 85.0 cm³/mol. The van der Waals surface area contributed by atoms with Crippen LogP contribution in [0, 0.1) is 0 Å². The van der Waals surface area contributed by atoms with Crippen molar-refractivity contribution in [1.29, 1.82) is 0 Å². The molecule has 0 amide bonds. The fourth-order valence-electron chi connectivity index (χ4n) is 2.75. The van der Waals surface area contributed by atoms with E-state index < -0.39 is 0 Å². The SMILES string of the molecule is CCNC(Cc1ccc(CC)s1)C1(C)CCCS1. The molecule has 0 aromatic carbocycles. The molecule has 1 fully saturated rings. The summed E-state index contributed by atoms with van der Waals surface area (Å²) in [4.78, 5) is 3.07. The Labute approximate surface area is 120 Å². The van der Waals surface area contributed by atoms with Gasteiger partial charge >= 0.3 is 0 Å². The third-order valence-electron chi connectivity index (χ3n) is 3.91. The molecule has 1 aliphatic heterocycles. The zero-order valence-corrected chi connectivity index (χ0v) is 13.4. The van der Waals surface area contributed by atoms with Gasteiger partial charge in [-0.3, -0.25) is 0 Å². The topological polar surface area (TPSA) is 12.0 Å². The summed E-state index contributed by atoms with van der Waals surface area (Å²) in [7, 11) is 0. The summed E-state index contributed by atoms with van der Waals surface area (Å²) in [5.41, 5.74) is 0. The summed E-state index contributed by atoms with van der Waals surface area (Å²) in [6, 6.07) is 5.25. The summed E-state index contributed by atoms with van der Waals surface area (Å²) < 4.78 is 0.437. The van der Waals surface area contributed by atoms with Crippen LogP contribution in [0.3, 0.4) is 0 Å². The van der Waals surface area contributed by atoms with Crippen LogP contribution in [0.4, 0.5) is 0 Å². The van der Waals surface area contributed by atoms with Gasteiger partial charge in [-0.05, 0) is 57.0 Å². The minimum atomic E-state index is 0.437. The van der Waals surface area contributed by atoms with Crippen LogP contribution in [0.1, 0.15) is 43.4 Å². The lowest BCUT2D eigenvalue weighted by Crippen LogP contribution is -2.46. The van der Waals surface area contributed by atoms with E-state index >= 15 is 0 Å². The lowest BCUT2D eigenvalue weighted by Gasteiger charge is -2.33. The van der Waals surface area contributed by atoms with Crippen LogP contribution in [-0.4, -0.2) is 23.1 Å². The van der Waals surface area contributed by atoms with Crippen LogP contribution in [0.15, 0.2) is 12.1 Å². The highest BCUT2D eigenvalue weighted by atomic mass is 32.2. The molecule has 0 saturated carbocycles. The molecule has 1 aromatic rings. The first-order chi connectivity index (χ1) is 8.68. The molecule has 0 spiro atoms. The second-order valence-corrected chi connectivity index (χ2v) is 8.18. The molecule has 1 nitrogen and oxygen atoms in total. The number of hydrogen-bond acceptors (Lipinski definition) is 3. The maximum absolute atomic E-state index is 3.73. The van der Waals surface area contributed by atoms with Gasteiger partial charge in [0.2, 0.25) is 0 Å². The number of thioether (sulfide) groups is 1. The normalized spacial score (nSPS) is 25.5. The molecule has 102 valence electrons. The van der Waals surface area contributed by atoms with E-state index in [4.69, 9.17) is 0 Å². The maximum atomic E-state index is 3.73. The van der Waals surface area contributed by atoms with Crippen LogP contribution in [0.5, 0.6) is 0 Å². The number of aryl methyl sites for hydroxylation is 1. The zero-order valence-electron chi connectivity index (χ0n) is 11.8. The molecule has 3 heteroatoms. The smallest absolute Gasteiger partial charge is 0.0288 e. The van der Waals surface area contributed by atoms with Crippen molar-refractivity contribution >= 4 is 23.1 Å². The van der Waals surface area contributed by atoms with Crippen LogP contribution >= 0.6 is 23.1 Å². The lowest BCUT2D eigenvalue weighted by atomic mass is 9.93. The predicted octanol–water partition coefficient (Wildman–Crippen LogP) is 4.12. The number of rotatable bonds is 6. The van der Waals surface area contributed by atoms with Crippen LogP contribution < -0.4 is 5.32 Å². The van der Waals surface area contributed by atoms with E-state index in [1.54, 1.807) is 4.88 Å². The van der Waals surface area contributed by atoms with E-state index in [9.17, 15) is 0 Å². The zero-order chi connectivity index (χ0) is 13.0. The monoisotopic (exact) mass is 283 g/mol. The highest BCUT2D eigenvalue weighted by molar-refractivity contribution is 8.00. The van der Waals surface area contributed by atoms with Gasteiger partial charge in [-0.1, -0.05) is 13.8 Å². The minimum Gasteiger partial charge on any atom is -0.313 e. The Bertz CT molecular complexity index is 366. The fraction of sp³-hybridized carbons (Fsp3) is 0.733. The van der Waals surface area contributed by atoms with E-state index in [-0.39, 0.29) is 0 Å². The van der Waals surface area contributed by atoms with Crippen molar-refractivity contribution in [2.45, 2.75) is 57.2 Å². The third kappa shape index (κ3) is 3.31. The van der Waals surface area contributed by atoms with E-state index in [0.29, 0.717) is 10.8 Å². The van der Waals surface area contributed by atoms with Gasteiger partial charge in [0.1, 0.15) is 0 Å². The quantitative estimate of drug-likeness (QED) is 0.843. The first-order valence-electron chi connectivity index (χ1n) is 7.13. The van der Waals surface area contributed by atoms with Crippen molar-refractivity contribution in [3.63, 3.8) is 0 Å². The standard InChI is InChI=1S/C15H25NS2/c1-4-12-7-8-13(18-12)11-14(16-5-2)15(3)9-6-10-17-15/h7-8,14,16H,4-6,9-11H2,1-3H3. The second-order valence-electron chi connectivity index (χ2n) is 5.30. The van der Waals surface area contributed by atoms with Crippen LogP contribution in [0.2, 0.25) is 0 Å². The molecular formula is C15H25NS2. The molecule has 1 aromatic heterocycles. The van der Waals surface area contributed by atoms with Gasteiger partial charge < -0.3 is 5.32 Å². The molecule has 1 aliphatic rings. The average molecular weight is 284 g/mol. The molecular weight excluding hydrogens is 258 g/mol. The third-order valence-corrected chi connectivity index (χ3v) is 6.80. The Morgan fingerprint density at radius 1 is 1.33 bits per heavy atom. The van der Waals surface area contributed by atoms with Crippen molar-refractivity contribution in [2.24, 2.45) is 0 Å². The van der Waals surface area contributed by atoms with Crippen molar-refractivity contribution < 1.29 is 0 Å². The van der Waals surface area contributed by atoms with Crippen molar-refractivity contribution in [2.75, 3.05) is 12.3 Å². The minimum absolute atomic E-state index is 0.437. The lowest BCUT2D eigenvalue weighted by molar-refractivity contribution is 0.408. The number of likely N-dealkylation sites (N-methyl/N-ethyl adjacent to an activating group) is 1. The summed E-state index contributed by atoms with van der Waals surface area (Å²) in [6.07, 6.45) is 5.11. The van der Waals surface area contributed by atoms with Gasteiger partial charge in [-0.25, -0.2) is 0 Å². The molecule has 2 atom stereocenters. The Morgan fingerprint density at radius 3 is 2.67 bits per heavy atom. The maximum Gasteiger partial charge on any atom is 0.0288 e. The van der Waals surface area contributed by atoms with Gasteiger partial charge in [0.15, 0.2) is 0 Å². The first-order valence-corrected chi connectivity index (χ1v) is 8.93. The average Bonchev–Trinajstić information content (AvgIpc) is 2.98. The molecule has 2 heterocycles. The molecule has 0 bridgehead atoms. The second kappa shape index (κ2) is 6.44. The highest BCUT2D eigenvalue weighted by Crippen LogP contribution is 2.41. The number of hydrogen-bond donors (Lipinski definition) is 1. The largest absolute Gasteiger partial charge is 0.313 e. The molecule has 1 N–H and O–H groups in total.